The first-order valence-electron chi connectivity index (χ1n) is 6.87. The summed E-state index contributed by atoms with van der Waals surface area (Å²) in [5.74, 6) is -1.80. The van der Waals surface area contributed by atoms with E-state index in [4.69, 9.17) is 5.11 Å². The Morgan fingerprint density at radius 2 is 1.86 bits per heavy atom. The number of halogens is 1. The van der Waals surface area contributed by atoms with Gasteiger partial charge in [-0.05, 0) is 43.7 Å². The lowest BCUT2D eigenvalue weighted by Gasteiger charge is -2.26. The summed E-state index contributed by atoms with van der Waals surface area (Å²) in [4.78, 5) is 10.5. The molecule has 7 heteroatoms. The Labute approximate surface area is 123 Å². The highest BCUT2D eigenvalue weighted by molar-refractivity contribution is 7.89. The molecule has 2 rings (SSSR count). The van der Waals surface area contributed by atoms with Gasteiger partial charge in [-0.2, -0.15) is 0 Å². The van der Waals surface area contributed by atoms with Crippen LogP contribution < -0.4 is 4.72 Å². The van der Waals surface area contributed by atoms with Crippen LogP contribution in [0.25, 0.3) is 0 Å². The fourth-order valence-corrected chi connectivity index (χ4v) is 3.77. The Balaban J connectivity index is 1.92. The second kappa shape index (κ2) is 6.53. The summed E-state index contributed by atoms with van der Waals surface area (Å²) in [6.07, 6.45) is 2.44. The third-order valence-corrected chi connectivity index (χ3v) is 5.34. The summed E-state index contributed by atoms with van der Waals surface area (Å²) in [7, 11) is -3.86. The van der Waals surface area contributed by atoms with Gasteiger partial charge in [-0.15, -0.1) is 0 Å². The number of benzene rings is 1. The van der Waals surface area contributed by atoms with Gasteiger partial charge in [0.1, 0.15) is 10.7 Å². The van der Waals surface area contributed by atoms with E-state index in [1.54, 1.807) is 0 Å². The number of carbonyl (C=O) groups is 1. The van der Waals surface area contributed by atoms with Crippen LogP contribution in [0.2, 0.25) is 0 Å². The van der Waals surface area contributed by atoms with E-state index in [0.29, 0.717) is 25.7 Å². The number of hydrogen-bond donors (Lipinski definition) is 2. The highest BCUT2D eigenvalue weighted by Crippen LogP contribution is 2.28. The van der Waals surface area contributed by atoms with Crippen LogP contribution in [0.4, 0.5) is 4.39 Å². The number of nitrogens with one attached hydrogen (secondary N) is 1. The van der Waals surface area contributed by atoms with E-state index in [1.807, 2.05) is 0 Å². The lowest BCUT2D eigenvalue weighted by Crippen LogP contribution is -2.32. The minimum absolute atomic E-state index is 0.0992. The smallest absolute Gasteiger partial charge is 0.306 e. The zero-order chi connectivity index (χ0) is 15.5. The summed E-state index contributed by atoms with van der Waals surface area (Å²) < 4.78 is 40.0. The Bertz CT molecular complexity index is 609. The molecule has 0 unspecified atom stereocenters. The van der Waals surface area contributed by atoms with Crippen LogP contribution in [0.5, 0.6) is 0 Å². The predicted molar refractivity (Wildman–Crippen MR) is 74.7 cm³/mol. The maximum absolute atomic E-state index is 13.5. The Kier molecular flexibility index (Phi) is 4.95. The van der Waals surface area contributed by atoms with Crippen molar-refractivity contribution < 1.29 is 22.7 Å². The summed E-state index contributed by atoms with van der Waals surface area (Å²) in [6.45, 7) is 0.211. The summed E-state index contributed by atoms with van der Waals surface area (Å²) in [6, 6.07) is 5.23. The third kappa shape index (κ3) is 4.01. The Hall–Kier alpha value is -1.47. The molecule has 1 aromatic rings. The van der Waals surface area contributed by atoms with Crippen molar-refractivity contribution in [2.24, 2.45) is 11.8 Å². The van der Waals surface area contributed by atoms with Gasteiger partial charge in [0.15, 0.2) is 0 Å². The highest BCUT2D eigenvalue weighted by Gasteiger charge is 2.27. The molecule has 5 nitrogen and oxygen atoms in total. The minimum atomic E-state index is -3.86. The molecule has 0 aromatic heterocycles. The van der Waals surface area contributed by atoms with E-state index in [9.17, 15) is 17.6 Å². The van der Waals surface area contributed by atoms with Crippen LogP contribution in [0.3, 0.4) is 0 Å². The predicted octanol–water partition coefficient (Wildman–Crippen LogP) is 1.99. The quantitative estimate of drug-likeness (QED) is 0.870. The van der Waals surface area contributed by atoms with Crippen molar-refractivity contribution in [1.82, 2.24) is 4.72 Å². The van der Waals surface area contributed by atoms with Gasteiger partial charge >= 0.3 is 5.97 Å². The molecule has 0 radical (unpaired) electrons. The highest BCUT2D eigenvalue weighted by atomic mass is 32.2. The molecule has 0 atom stereocenters. The number of rotatable bonds is 5. The van der Waals surface area contributed by atoms with Crippen molar-refractivity contribution in [2.45, 2.75) is 30.6 Å². The van der Waals surface area contributed by atoms with Crippen LogP contribution in [-0.4, -0.2) is 26.0 Å². The maximum atomic E-state index is 13.5. The van der Waals surface area contributed by atoms with E-state index in [2.05, 4.69) is 4.72 Å². The van der Waals surface area contributed by atoms with Crippen LogP contribution in [0, 0.1) is 17.7 Å². The SMILES string of the molecule is O=C(O)C1CCC(CNS(=O)(=O)c2ccccc2F)CC1. The zero-order valence-electron chi connectivity index (χ0n) is 11.5. The first kappa shape index (κ1) is 15.9. The molecular weight excluding hydrogens is 297 g/mol. The molecule has 1 aromatic carbocycles. The number of sulfonamides is 1. The molecule has 1 fully saturated rings. The van der Waals surface area contributed by atoms with Crippen LogP contribution in [0.1, 0.15) is 25.7 Å². The third-order valence-electron chi connectivity index (χ3n) is 3.88. The first-order chi connectivity index (χ1) is 9.90. The van der Waals surface area contributed by atoms with Gasteiger partial charge < -0.3 is 5.11 Å². The summed E-state index contributed by atoms with van der Waals surface area (Å²) in [5.41, 5.74) is 0. The van der Waals surface area contributed by atoms with Crippen molar-refractivity contribution in [3.8, 4) is 0 Å². The van der Waals surface area contributed by atoms with Gasteiger partial charge in [0.05, 0.1) is 5.92 Å². The molecule has 2 N–H and O–H groups in total. The number of carboxylic acids is 1. The van der Waals surface area contributed by atoms with Crippen molar-refractivity contribution >= 4 is 16.0 Å². The summed E-state index contributed by atoms with van der Waals surface area (Å²) >= 11 is 0. The number of carboxylic acid groups (broad SMARTS) is 1. The second-order valence-corrected chi connectivity index (χ2v) is 7.07. The fourth-order valence-electron chi connectivity index (χ4n) is 2.58. The van der Waals surface area contributed by atoms with Crippen molar-refractivity contribution in [1.29, 1.82) is 0 Å². The standard InChI is InChI=1S/C14H18FNO4S/c15-12-3-1-2-4-13(12)21(19,20)16-9-10-5-7-11(8-6-10)14(17)18/h1-4,10-11,16H,5-9H2,(H,17,18). The van der Waals surface area contributed by atoms with E-state index < -0.39 is 21.8 Å². The van der Waals surface area contributed by atoms with Gasteiger partial charge in [-0.1, -0.05) is 12.1 Å². The van der Waals surface area contributed by atoms with Gasteiger partial charge in [-0.25, -0.2) is 17.5 Å². The molecule has 0 amide bonds. The molecule has 1 aliphatic carbocycles. The lowest BCUT2D eigenvalue weighted by molar-refractivity contribution is -0.143. The fraction of sp³-hybridized carbons (Fsp3) is 0.500. The van der Waals surface area contributed by atoms with Gasteiger partial charge in [0, 0.05) is 6.54 Å². The Morgan fingerprint density at radius 3 is 2.43 bits per heavy atom. The molecule has 116 valence electrons. The molecule has 21 heavy (non-hydrogen) atoms. The molecule has 0 bridgehead atoms. The minimum Gasteiger partial charge on any atom is -0.481 e. The molecule has 0 saturated heterocycles. The van der Waals surface area contributed by atoms with Crippen LogP contribution in [0.15, 0.2) is 29.2 Å². The molecule has 1 aliphatic rings. The topological polar surface area (TPSA) is 83.5 Å². The van der Waals surface area contributed by atoms with E-state index in [1.165, 1.54) is 18.2 Å². The van der Waals surface area contributed by atoms with Crippen molar-refractivity contribution in [3.05, 3.63) is 30.1 Å². The van der Waals surface area contributed by atoms with E-state index >= 15 is 0 Å². The van der Waals surface area contributed by atoms with E-state index in [-0.39, 0.29) is 23.3 Å². The lowest BCUT2D eigenvalue weighted by atomic mass is 9.82. The molecular formula is C14H18FNO4S. The van der Waals surface area contributed by atoms with Crippen molar-refractivity contribution in [3.63, 3.8) is 0 Å². The molecule has 1 saturated carbocycles. The van der Waals surface area contributed by atoms with Crippen molar-refractivity contribution in [2.75, 3.05) is 6.54 Å². The average Bonchev–Trinajstić information content (AvgIpc) is 2.46. The van der Waals surface area contributed by atoms with Gasteiger partial charge in [-0.3, -0.25) is 4.79 Å². The van der Waals surface area contributed by atoms with E-state index in [0.717, 1.165) is 6.07 Å². The average molecular weight is 315 g/mol. The monoisotopic (exact) mass is 315 g/mol. The van der Waals surface area contributed by atoms with Crippen LogP contribution in [-0.2, 0) is 14.8 Å². The zero-order valence-corrected chi connectivity index (χ0v) is 12.3. The largest absolute Gasteiger partial charge is 0.481 e. The van der Waals surface area contributed by atoms with Gasteiger partial charge in [0.25, 0.3) is 0 Å². The normalized spacial score (nSPS) is 22.9. The molecule has 0 heterocycles. The first-order valence-corrected chi connectivity index (χ1v) is 8.35. The maximum Gasteiger partial charge on any atom is 0.306 e. The second-order valence-electron chi connectivity index (χ2n) is 5.34. The number of aliphatic carboxylic acids is 1. The molecule has 0 aliphatic heterocycles. The van der Waals surface area contributed by atoms with Gasteiger partial charge in [0.2, 0.25) is 10.0 Å². The molecule has 0 spiro atoms. The summed E-state index contributed by atoms with van der Waals surface area (Å²) in [5, 5.41) is 8.91. The Morgan fingerprint density at radius 1 is 1.24 bits per heavy atom. The number of hydrogen-bond acceptors (Lipinski definition) is 3. The van der Waals surface area contributed by atoms with Crippen LogP contribution >= 0.6 is 0 Å².